The van der Waals surface area contributed by atoms with Gasteiger partial charge in [-0.2, -0.15) is 0 Å². The van der Waals surface area contributed by atoms with Gasteiger partial charge in [0, 0.05) is 20.0 Å². The monoisotopic (exact) mass is 214 g/mol. The molecule has 0 saturated heterocycles. The number of carbonyl (C=O) groups excluding carboxylic acids is 2. The van der Waals surface area contributed by atoms with Crippen molar-refractivity contribution < 1.29 is 9.59 Å². The summed E-state index contributed by atoms with van der Waals surface area (Å²) in [6.45, 7) is 4.91. The fraction of sp³-hybridized carbons (Fsp3) is 0.818. The Morgan fingerprint density at radius 2 is 1.87 bits per heavy atom. The smallest absolute Gasteiger partial charge is 0.241 e. The predicted molar refractivity (Wildman–Crippen MR) is 60.5 cm³/mol. The Kier molecular flexibility index (Phi) is 7.68. The number of nitrogens with one attached hydrogen (secondary N) is 1. The molecule has 0 aliphatic rings. The third-order valence-electron chi connectivity index (χ3n) is 2.19. The number of likely N-dealkylation sites (N-methyl/N-ethyl adjacent to an activating group) is 1. The molecule has 0 fully saturated rings. The average molecular weight is 214 g/mol. The molecule has 4 nitrogen and oxygen atoms in total. The Bertz CT molecular complexity index is 205. The van der Waals surface area contributed by atoms with Crippen LogP contribution in [0.25, 0.3) is 0 Å². The maximum Gasteiger partial charge on any atom is 0.241 e. The molecule has 2 amide bonds. The first-order valence-corrected chi connectivity index (χ1v) is 5.62. The minimum absolute atomic E-state index is 0.0205. The third kappa shape index (κ3) is 6.94. The fourth-order valence-electron chi connectivity index (χ4n) is 1.14. The molecule has 0 aromatic rings. The highest BCUT2D eigenvalue weighted by molar-refractivity contribution is 5.84. The Morgan fingerprint density at radius 1 is 1.20 bits per heavy atom. The summed E-state index contributed by atoms with van der Waals surface area (Å²) in [4.78, 5) is 24.2. The van der Waals surface area contributed by atoms with Gasteiger partial charge in [0.15, 0.2) is 0 Å². The highest BCUT2D eigenvalue weighted by atomic mass is 16.2. The number of carbonyl (C=O) groups is 2. The fourth-order valence-corrected chi connectivity index (χ4v) is 1.14. The van der Waals surface area contributed by atoms with E-state index in [1.807, 2.05) is 6.92 Å². The molecule has 88 valence electrons. The van der Waals surface area contributed by atoms with E-state index in [2.05, 4.69) is 12.2 Å². The van der Waals surface area contributed by atoms with Crippen LogP contribution in [-0.2, 0) is 9.59 Å². The summed E-state index contributed by atoms with van der Waals surface area (Å²) in [5.74, 6) is -0.0670. The standard InChI is InChI=1S/C11H22N2O2/c1-4-6-8-13(3)11(15)9-12-10(14)7-5-2/h4-9H2,1-3H3,(H,12,14). The van der Waals surface area contributed by atoms with Crippen molar-refractivity contribution in [2.75, 3.05) is 20.1 Å². The van der Waals surface area contributed by atoms with Crippen molar-refractivity contribution in [2.45, 2.75) is 39.5 Å². The van der Waals surface area contributed by atoms with Crippen LogP contribution >= 0.6 is 0 Å². The first kappa shape index (κ1) is 13.9. The molecule has 15 heavy (non-hydrogen) atoms. The van der Waals surface area contributed by atoms with Crippen molar-refractivity contribution in [1.29, 1.82) is 0 Å². The van der Waals surface area contributed by atoms with Crippen LogP contribution in [0.5, 0.6) is 0 Å². The summed E-state index contributed by atoms with van der Waals surface area (Å²) in [7, 11) is 1.77. The number of amides is 2. The van der Waals surface area contributed by atoms with Crippen molar-refractivity contribution in [3.8, 4) is 0 Å². The molecule has 0 saturated carbocycles. The summed E-state index contributed by atoms with van der Waals surface area (Å²) in [5.41, 5.74) is 0. The van der Waals surface area contributed by atoms with E-state index in [0.717, 1.165) is 25.8 Å². The number of unbranched alkanes of at least 4 members (excludes halogenated alkanes) is 1. The third-order valence-corrected chi connectivity index (χ3v) is 2.19. The van der Waals surface area contributed by atoms with Crippen molar-refractivity contribution in [3.63, 3.8) is 0 Å². The normalized spacial score (nSPS) is 9.80. The Hall–Kier alpha value is -1.06. The first-order chi connectivity index (χ1) is 7.11. The van der Waals surface area contributed by atoms with Gasteiger partial charge in [-0.1, -0.05) is 20.3 Å². The second-order valence-electron chi connectivity index (χ2n) is 3.70. The number of hydrogen-bond acceptors (Lipinski definition) is 2. The maximum atomic E-state index is 11.5. The SMILES string of the molecule is CCCCN(C)C(=O)CNC(=O)CCC. The van der Waals surface area contributed by atoms with Crippen molar-refractivity contribution in [2.24, 2.45) is 0 Å². The van der Waals surface area contributed by atoms with Crippen LogP contribution < -0.4 is 5.32 Å². The van der Waals surface area contributed by atoms with Gasteiger partial charge in [-0.15, -0.1) is 0 Å². The van der Waals surface area contributed by atoms with Gasteiger partial charge < -0.3 is 10.2 Å². The van der Waals surface area contributed by atoms with E-state index in [1.165, 1.54) is 0 Å². The molecule has 0 aliphatic heterocycles. The minimum atomic E-state index is -0.0465. The zero-order valence-electron chi connectivity index (χ0n) is 10.0. The molecular formula is C11H22N2O2. The van der Waals surface area contributed by atoms with Gasteiger partial charge >= 0.3 is 0 Å². The van der Waals surface area contributed by atoms with E-state index in [-0.39, 0.29) is 18.4 Å². The van der Waals surface area contributed by atoms with Gasteiger partial charge in [0.05, 0.1) is 6.54 Å². The Morgan fingerprint density at radius 3 is 2.40 bits per heavy atom. The van der Waals surface area contributed by atoms with Crippen molar-refractivity contribution in [1.82, 2.24) is 10.2 Å². The van der Waals surface area contributed by atoms with Crippen LogP contribution in [0, 0.1) is 0 Å². The molecule has 0 unspecified atom stereocenters. The molecule has 0 aromatic carbocycles. The second kappa shape index (κ2) is 8.26. The van der Waals surface area contributed by atoms with Crippen molar-refractivity contribution in [3.05, 3.63) is 0 Å². The lowest BCUT2D eigenvalue weighted by Gasteiger charge is -2.16. The molecule has 0 atom stereocenters. The first-order valence-electron chi connectivity index (χ1n) is 5.62. The van der Waals surface area contributed by atoms with E-state index in [4.69, 9.17) is 0 Å². The topological polar surface area (TPSA) is 49.4 Å². The summed E-state index contributed by atoms with van der Waals surface area (Å²) in [6.07, 6.45) is 3.38. The second-order valence-corrected chi connectivity index (χ2v) is 3.70. The lowest BCUT2D eigenvalue weighted by atomic mass is 10.3. The van der Waals surface area contributed by atoms with Crippen LogP contribution in [0.2, 0.25) is 0 Å². The van der Waals surface area contributed by atoms with Crippen LogP contribution in [0.4, 0.5) is 0 Å². The van der Waals surface area contributed by atoms with E-state index in [9.17, 15) is 9.59 Å². The number of hydrogen-bond donors (Lipinski definition) is 1. The van der Waals surface area contributed by atoms with Crippen LogP contribution in [-0.4, -0.2) is 36.9 Å². The summed E-state index contributed by atoms with van der Waals surface area (Å²) < 4.78 is 0. The molecule has 0 spiro atoms. The largest absolute Gasteiger partial charge is 0.347 e. The summed E-state index contributed by atoms with van der Waals surface area (Å²) >= 11 is 0. The maximum absolute atomic E-state index is 11.5. The average Bonchev–Trinajstić information content (AvgIpc) is 2.22. The van der Waals surface area contributed by atoms with Gasteiger partial charge in [0.25, 0.3) is 0 Å². The molecule has 0 bridgehead atoms. The van der Waals surface area contributed by atoms with E-state index in [0.29, 0.717) is 6.42 Å². The summed E-state index contributed by atoms with van der Waals surface area (Å²) in [5, 5.41) is 2.61. The van der Waals surface area contributed by atoms with E-state index in [1.54, 1.807) is 11.9 Å². The van der Waals surface area contributed by atoms with Gasteiger partial charge in [-0.3, -0.25) is 9.59 Å². The zero-order valence-corrected chi connectivity index (χ0v) is 10.0. The summed E-state index contributed by atoms with van der Waals surface area (Å²) in [6, 6.07) is 0. The Balaban J connectivity index is 3.68. The molecule has 0 rings (SSSR count). The van der Waals surface area contributed by atoms with Crippen molar-refractivity contribution >= 4 is 11.8 Å². The number of rotatable bonds is 7. The van der Waals surface area contributed by atoms with Gasteiger partial charge in [0.2, 0.25) is 11.8 Å². The van der Waals surface area contributed by atoms with Crippen LogP contribution in [0.15, 0.2) is 0 Å². The predicted octanol–water partition coefficient (Wildman–Crippen LogP) is 1.16. The Labute approximate surface area is 92.0 Å². The van der Waals surface area contributed by atoms with E-state index >= 15 is 0 Å². The highest BCUT2D eigenvalue weighted by Crippen LogP contribution is 1.92. The van der Waals surface area contributed by atoms with Gasteiger partial charge in [-0.25, -0.2) is 0 Å². The molecule has 1 N–H and O–H groups in total. The minimum Gasteiger partial charge on any atom is -0.347 e. The molecule has 0 aromatic heterocycles. The molecule has 0 radical (unpaired) electrons. The van der Waals surface area contributed by atoms with Crippen LogP contribution in [0.1, 0.15) is 39.5 Å². The molecule has 0 heterocycles. The molecule has 0 aliphatic carbocycles. The van der Waals surface area contributed by atoms with Crippen LogP contribution in [0.3, 0.4) is 0 Å². The zero-order chi connectivity index (χ0) is 11.7. The lowest BCUT2D eigenvalue weighted by molar-refractivity contribution is -0.131. The van der Waals surface area contributed by atoms with E-state index < -0.39 is 0 Å². The number of nitrogens with zero attached hydrogens (tertiary/aromatic N) is 1. The van der Waals surface area contributed by atoms with Gasteiger partial charge in [-0.05, 0) is 12.8 Å². The lowest BCUT2D eigenvalue weighted by Crippen LogP contribution is -2.38. The quantitative estimate of drug-likeness (QED) is 0.691. The highest BCUT2D eigenvalue weighted by Gasteiger charge is 2.08. The molecular weight excluding hydrogens is 192 g/mol. The van der Waals surface area contributed by atoms with Gasteiger partial charge in [0.1, 0.15) is 0 Å². The molecule has 4 heteroatoms.